The molecule has 1 aromatic carbocycles. The average Bonchev–Trinajstić information content (AvgIpc) is 2.27. The summed E-state index contributed by atoms with van der Waals surface area (Å²) in [5.41, 5.74) is 1.88. The van der Waals surface area contributed by atoms with E-state index in [0.717, 1.165) is 24.1 Å². The summed E-state index contributed by atoms with van der Waals surface area (Å²) in [6.45, 7) is 1.44. The van der Waals surface area contributed by atoms with Gasteiger partial charge in [-0.1, -0.05) is 18.6 Å². The molecule has 0 saturated heterocycles. The molecule has 100 valence electrons. The van der Waals surface area contributed by atoms with E-state index in [1.165, 1.54) is 25.3 Å². The number of ether oxygens (including phenoxy) is 1. The van der Waals surface area contributed by atoms with Crippen LogP contribution in [0.1, 0.15) is 36.5 Å². The van der Waals surface area contributed by atoms with Gasteiger partial charge in [-0.3, -0.25) is 0 Å². The Morgan fingerprint density at radius 1 is 1.33 bits per heavy atom. The molecule has 1 aromatic rings. The molecule has 1 saturated carbocycles. The molecule has 1 heterocycles. The molecule has 0 unspecified atom stereocenters. The van der Waals surface area contributed by atoms with Crippen LogP contribution < -0.4 is 5.32 Å². The fourth-order valence-electron chi connectivity index (χ4n) is 2.60. The van der Waals surface area contributed by atoms with Gasteiger partial charge in [0.05, 0.1) is 12.7 Å². The number of rotatable bonds is 3. The Labute approximate surface area is 113 Å². The van der Waals surface area contributed by atoms with Crippen LogP contribution in [-0.4, -0.2) is 19.2 Å². The van der Waals surface area contributed by atoms with Gasteiger partial charge in [0.15, 0.2) is 0 Å². The smallest absolute Gasteiger partial charge is 0.129 e. The Hall–Kier alpha value is -0.640. The van der Waals surface area contributed by atoms with Crippen LogP contribution in [-0.2, 0) is 11.2 Å². The molecule has 1 aliphatic heterocycles. The summed E-state index contributed by atoms with van der Waals surface area (Å²) in [4.78, 5) is 0. The molecule has 0 aromatic heterocycles. The van der Waals surface area contributed by atoms with Gasteiger partial charge in [0.2, 0.25) is 0 Å². The minimum absolute atomic E-state index is 0. The number of hydrogen-bond acceptors (Lipinski definition) is 2. The molecule has 4 heteroatoms. The Kier molecular flexibility index (Phi) is 4.60. The molecule has 0 spiro atoms. The molecule has 1 N–H and O–H groups in total. The molecule has 0 amide bonds. The third-order valence-electron chi connectivity index (χ3n) is 3.85. The lowest BCUT2D eigenvalue weighted by Gasteiger charge is -2.31. The van der Waals surface area contributed by atoms with Gasteiger partial charge in [0.25, 0.3) is 0 Å². The van der Waals surface area contributed by atoms with Crippen molar-refractivity contribution in [1.82, 2.24) is 5.32 Å². The summed E-state index contributed by atoms with van der Waals surface area (Å²) in [7, 11) is 0. The molecule has 3 rings (SSSR count). The second-order valence-electron chi connectivity index (χ2n) is 4.96. The van der Waals surface area contributed by atoms with Crippen molar-refractivity contribution in [3.05, 3.63) is 35.1 Å². The zero-order chi connectivity index (χ0) is 11.7. The lowest BCUT2D eigenvalue weighted by molar-refractivity contribution is 0.0358. The Bertz CT molecular complexity index is 409. The van der Waals surface area contributed by atoms with Gasteiger partial charge < -0.3 is 10.1 Å². The molecular weight excluding hydrogens is 253 g/mol. The van der Waals surface area contributed by atoms with Crippen LogP contribution >= 0.6 is 12.4 Å². The van der Waals surface area contributed by atoms with Gasteiger partial charge in [-0.25, -0.2) is 4.39 Å². The topological polar surface area (TPSA) is 21.3 Å². The lowest BCUT2D eigenvalue weighted by Crippen LogP contribution is -2.39. The van der Waals surface area contributed by atoms with Gasteiger partial charge in [-0.05, 0) is 30.9 Å². The largest absolute Gasteiger partial charge is 0.372 e. The van der Waals surface area contributed by atoms with Crippen molar-refractivity contribution in [1.29, 1.82) is 0 Å². The number of nitrogens with one attached hydrogen (secondary N) is 1. The van der Waals surface area contributed by atoms with Gasteiger partial charge in [-0.2, -0.15) is 0 Å². The summed E-state index contributed by atoms with van der Waals surface area (Å²) >= 11 is 0. The first-order valence-corrected chi connectivity index (χ1v) is 6.47. The first-order chi connectivity index (χ1) is 8.34. The highest BCUT2D eigenvalue weighted by Crippen LogP contribution is 2.29. The van der Waals surface area contributed by atoms with E-state index in [4.69, 9.17) is 4.74 Å². The lowest BCUT2D eigenvalue weighted by atomic mass is 9.92. The highest BCUT2D eigenvalue weighted by atomic mass is 35.5. The SMILES string of the molecule is Cl.Fc1cccc2c1[C@@H](CNC1CCC1)OCC2. The van der Waals surface area contributed by atoms with Crippen molar-refractivity contribution in [2.24, 2.45) is 0 Å². The Balaban J connectivity index is 0.00000120. The predicted octanol–water partition coefficient (Wildman–Crippen LogP) is 3.00. The van der Waals surface area contributed by atoms with Crippen LogP contribution in [0.4, 0.5) is 4.39 Å². The highest BCUT2D eigenvalue weighted by molar-refractivity contribution is 5.85. The average molecular weight is 272 g/mol. The minimum Gasteiger partial charge on any atom is -0.372 e. The summed E-state index contributed by atoms with van der Waals surface area (Å²) in [6.07, 6.45) is 4.52. The van der Waals surface area contributed by atoms with Gasteiger partial charge >= 0.3 is 0 Å². The van der Waals surface area contributed by atoms with Crippen LogP contribution in [0.2, 0.25) is 0 Å². The van der Waals surface area contributed by atoms with E-state index >= 15 is 0 Å². The maximum atomic E-state index is 13.8. The van der Waals surface area contributed by atoms with Crippen molar-refractivity contribution < 1.29 is 9.13 Å². The summed E-state index contributed by atoms with van der Waals surface area (Å²) in [6, 6.07) is 5.95. The molecule has 18 heavy (non-hydrogen) atoms. The number of halogens is 2. The van der Waals surface area contributed by atoms with Gasteiger partial charge in [0, 0.05) is 18.2 Å². The van der Waals surface area contributed by atoms with Crippen LogP contribution in [0.25, 0.3) is 0 Å². The maximum Gasteiger partial charge on any atom is 0.129 e. The van der Waals surface area contributed by atoms with Crippen LogP contribution in [0.3, 0.4) is 0 Å². The summed E-state index contributed by atoms with van der Waals surface area (Å²) in [5.74, 6) is -0.123. The van der Waals surface area contributed by atoms with Crippen molar-refractivity contribution in [3.63, 3.8) is 0 Å². The second-order valence-corrected chi connectivity index (χ2v) is 4.96. The van der Waals surface area contributed by atoms with Crippen molar-refractivity contribution in [2.45, 2.75) is 37.8 Å². The zero-order valence-corrected chi connectivity index (χ0v) is 11.1. The van der Waals surface area contributed by atoms with Crippen molar-refractivity contribution >= 4 is 12.4 Å². The van der Waals surface area contributed by atoms with E-state index in [1.54, 1.807) is 6.07 Å². The first kappa shape index (κ1) is 13.8. The van der Waals surface area contributed by atoms with E-state index in [-0.39, 0.29) is 24.3 Å². The van der Waals surface area contributed by atoms with Crippen molar-refractivity contribution in [2.75, 3.05) is 13.2 Å². The van der Waals surface area contributed by atoms with Crippen LogP contribution in [0.5, 0.6) is 0 Å². The van der Waals surface area contributed by atoms with Gasteiger partial charge in [0.1, 0.15) is 5.82 Å². The fraction of sp³-hybridized carbons (Fsp3) is 0.571. The fourth-order valence-corrected chi connectivity index (χ4v) is 2.60. The number of hydrogen-bond donors (Lipinski definition) is 1. The van der Waals surface area contributed by atoms with Crippen LogP contribution in [0, 0.1) is 5.82 Å². The molecule has 1 fully saturated rings. The Morgan fingerprint density at radius 3 is 2.89 bits per heavy atom. The zero-order valence-electron chi connectivity index (χ0n) is 10.3. The van der Waals surface area contributed by atoms with E-state index in [0.29, 0.717) is 12.6 Å². The van der Waals surface area contributed by atoms with Gasteiger partial charge in [-0.15, -0.1) is 12.4 Å². The van der Waals surface area contributed by atoms with E-state index in [1.807, 2.05) is 6.07 Å². The molecule has 0 bridgehead atoms. The molecular formula is C14H19ClFNO. The first-order valence-electron chi connectivity index (χ1n) is 6.47. The highest BCUT2D eigenvalue weighted by Gasteiger charge is 2.26. The molecule has 2 aliphatic rings. The minimum atomic E-state index is -0.123. The normalized spacial score (nSPS) is 22.8. The molecule has 1 aliphatic carbocycles. The summed E-state index contributed by atoms with van der Waals surface area (Å²) in [5, 5.41) is 3.47. The standard InChI is InChI=1S/C14H18FNO.ClH/c15-12-6-1-3-10-7-8-17-13(14(10)12)9-16-11-4-2-5-11;/h1,3,6,11,13,16H,2,4-5,7-9H2;1H/t13-;/m1./s1. The van der Waals surface area contributed by atoms with E-state index in [2.05, 4.69) is 5.32 Å². The van der Waals surface area contributed by atoms with E-state index < -0.39 is 0 Å². The van der Waals surface area contributed by atoms with E-state index in [9.17, 15) is 4.39 Å². The third-order valence-corrected chi connectivity index (χ3v) is 3.85. The predicted molar refractivity (Wildman–Crippen MR) is 71.7 cm³/mol. The monoisotopic (exact) mass is 271 g/mol. The molecule has 2 nitrogen and oxygen atoms in total. The summed E-state index contributed by atoms with van der Waals surface area (Å²) < 4.78 is 19.5. The quantitative estimate of drug-likeness (QED) is 0.913. The molecule has 1 atom stereocenters. The van der Waals surface area contributed by atoms with Crippen LogP contribution in [0.15, 0.2) is 18.2 Å². The number of fused-ring (bicyclic) bond motifs is 1. The molecule has 0 radical (unpaired) electrons. The Morgan fingerprint density at radius 2 is 2.17 bits per heavy atom. The number of benzene rings is 1. The second kappa shape index (κ2) is 6.00. The third kappa shape index (κ3) is 2.68. The van der Waals surface area contributed by atoms with Crippen molar-refractivity contribution in [3.8, 4) is 0 Å². The maximum absolute atomic E-state index is 13.8.